The van der Waals surface area contributed by atoms with Gasteiger partial charge in [0.05, 0.1) is 12.8 Å². The van der Waals surface area contributed by atoms with Gasteiger partial charge in [0.25, 0.3) is 5.91 Å². The summed E-state index contributed by atoms with van der Waals surface area (Å²) in [6.07, 6.45) is 4.69. The van der Waals surface area contributed by atoms with E-state index in [-0.39, 0.29) is 11.8 Å². The second kappa shape index (κ2) is 7.09. The summed E-state index contributed by atoms with van der Waals surface area (Å²) >= 11 is 0. The van der Waals surface area contributed by atoms with E-state index < -0.39 is 0 Å². The number of nitrogens with one attached hydrogen (secondary N) is 2. The molecule has 108 valence electrons. The highest BCUT2D eigenvalue weighted by Crippen LogP contribution is 2.06. The highest BCUT2D eigenvalue weighted by molar-refractivity contribution is 5.94. The van der Waals surface area contributed by atoms with Crippen molar-refractivity contribution in [3.05, 3.63) is 65.6 Å². The molecule has 2 aromatic rings. The molecule has 1 aromatic carbocycles. The third-order valence-corrected chi connectivity index (χ3v) is 2.84. The first-order chi connectivity index (χ1) is 10.2. The number of carbonyl (C=O) groups is 2. The first-order valence-electron chi connectivity index (χ1n) is 6.49. The van der Waals surface area contributed by atoms with Gasteiger partial charge in [-0.2, -0.15) is 0 Å². The van der Waals surface area contributed by atoms with E-state index in [0.29, 0.717) is 17.9 Å². The molecule has 2 N–H and O–H groups in total. The first kappa shape index (κ1) is 14.6. The van der Waals surface area contributed by atoms with Crippen molar-refractivity contribution < 1.29 is 14.0 Å². The second-order valence-corrected chi connectivity index (χ2v) is 4.33. The fourth-order valence-electron chi connectivity index (χ4n) is 1.71. The van der Waals surface area contributed by atoms with Crippen molar-refractivity contribution in [3.8, 4) is 0 Å². The topological polar surface area (TPSA) is 71.3 Å². The zero-order valence-electron chi connectivity index (χ0n) is 11.6. The Morgan fingerprint density at radius 3 is 2.57 bits per heavy atom. The molecular formula is C16H16N2O3. The number of benzene rings is 1. The van der Waals surface area contributed by atoms with Crippen LogP contribution in [0, 0.1) is 0 Å². The molecule has 0 saturated carbocycles. The summed E-state index contributed by atoms with van der Waals surface area (Å²) in [5, 5.41) is 5.26. The summed E-state index contributed by atoms with van der Waals surface area (Å²) in [7, 11) is 1.58. The van der Waals surface area contributed by atoms with Gasteiger partial charge >= 0.3 is 0 Å². The van der Waals surface area contributed by atoms with Gasteiger partial charge in [0, 0.05) is 18.7 Å². The summed E-state index contributed by atoms with van der Waals surface area (Å²) in [6, 6.07) is 10.5. The fraction of sp³-hybridized carbons (Fsp3) is 0.125. The summed E-state index contributed by atoms with van der Waals surface area (Å²) in [5.41, 5.74) is 1.42. The van der Waals surface area contributed by atoms with Crippen molar-refractivity contribution >= 4 is 17.9 Å². The average Bonchev–Trinajstić information content (AvgIpc) is 3.04. The number of hydrogen-bond acceptors (Lipinski definition) is 3. The van der Waals surface area contributed by atoms with Crippen LogP contribution in [0.2, 0.25) is 0 Å². The van der Waals surface area contributed by atoms with Crippen molar-refractivity contribution in [3.63, 3.8) is 0 Å². The van der Waals surface area contributed by atoms with Crippen LogP contribution >= 0.6 is 0 Å². The van der Waals surface area contributed by atoms with E-state index in [1.807, 2.05) is 0 Å². The minimum Gasteiger partial charge on any atom is -0.467 e. The standard InChI is InChI=1S/C16H16N2O3/c1-17-16(20)13-7-4-12(5-8-13)6-9-15(19)18-11-14-3-2-10-21-14/h2-10H,11H2,1H3,(H,17,20)(H,18,19)/b9-6+. The maximum atomic E-state index is 11.6. The number of furan rings is 1. The highest BCUT2D eigenvalue weighted by atomic mass is 16.3. The van der Waals surface area contributed by atoms with Crippen LogP contribution in [0.3, 0.4) is 0 Å². The largest absolute Gasteiger partial charge is 0.467 e. The van der Waals surface area contributed by atoms with Crippen LogP contribution < -0.4 is 10.6 Å². The second-order valence-electron chi connectivity index (χ2n) is 4.33. The lowest BCUT2D eigenvalue weighted by molar-refractivity contribution is -0.116. The van der Waals surface area contributed by atoms with Gasteiger partial charge in [-0.15, -0.1) is 0 Å². The van der Waals surface area contributed by atoms with Gasteiger partial charge in [0.2, 0.25) is 5.91 Å². The Morgan fingerprint density at radius 2 is 1.95 bits per heavy atom. The maximum absolute atomic E-state index is 11.6. The van der Waals surface area contributed by atoms with E-state index in [1.165, 1.54) is 6.08 Å². The number of carbonyl (C=O) groups excluding carboxylic acids is 2. The van der Waals surface area contributed by atoms with E-state index >= 15 is 0 Å². The lowest BCUT2D eigenvalue weighted by atomic mass is 10.1. The van der Waals surface area contributed by atoms with Crippen LogP contribution in [-0.4, -0.2) is 18.9 Å². The smallest absolute Gasteiger partial charge is 0.251 e. The number of hydrogen-bond donors (Lipinski definition) is 2. The molecule has 5 heteroatoms. The lowest BCUT2D eigenvalue weighted by Gasteiger charge is -2.00. The summed E-state index contributed by atoms with van der Waals surface area (Å²) in [6.45, 7) is 0.353. The Bertz CT molecular complexity index is 628. The van der Waals surface area contributed by atoms with E-state index in [2.05, 4.69) is 10.6 Å². The monoisotopic (exact) mass is 284 g/mol. The van der Waals surface area contributed by atoms with Crippen molar-refractivity contribution in [2.24, 2.45) is 0 Å². The van der Waals surface area contributed by atoms with Crippen LogP contribution in [0.4, 0.5) is 0 Å². The third kappa shape index (κ3) is 4.35. The van der Waals surface area contributed by atoms with Crippen LogP contribution in [0.1, 0.15) is 21.7 Å². The highest BCUT2D eigenvalue weighted by Gasteiger charge is 2.01. The van der Waals surface area contributed by atoms with E-state index in [9.17, 15) is 9.59 Å². The molecule has 0 saturated heterocycles. The van der Waals surface area contributed by atoms with Crippen molar-refractivity contribution in [1.29, 1.82) is 0 Å². The van der Waals surface area contributed by atoms with Crippen molar-refractivity contribution in [2.75, 3.05) is 7.05 Å². The molecule has 1 heterocycles. The van der Waals surface area contributed by atoms with Gasteiger partial charge < -0.3 is 15.1 Å². The summed E-state index contributed by atoms with van der Waals surface area (Å²) < 4.78 is 5.12. The Balaban J connectivity index is 1.88. The zero-order valence-corrected chi connectivity index (χ0v) is 11.6. The SMILES string of the molecule is CNC(=O)c1ccc(/C=C/C(=O)NCc2ccco2)cc1. The maximum Gasteiger partial charge on any atom is 0.251 e. The van der Waals surface area contributed by atoms with Crippen molar-refractivity contribution in [1.82, 2.24) is 10.6 Å². The molecule has 0 atom stereocenters. The molecular weight excluding hydrogens is 268 g/mol. The molecule has 0 aliphatic heterocycles. The third-order valence-electron chi connectivity index (χ3n) is 2.84. The fourth-order valence-corrected chi connectivity index (χ4v) is 1.71. The number of rotatable bonds is 5. The van der Waals surface area contributed by atoms with E-state index in [1.54, 1.807) is 55.8 Å². The molecule has 2 amide bonds. The van der Waals surface area contributed by atoms with Gasteiger partial charge in [-0.05, 0) is 35.9 Å². The lowest BCUT2D eigenvalue weighted by Crippen LogP contribution is -2.19. The number of amides is 2. The van der Waals surface area contributed by atoms with Crippen molar-refractivity contribution in [2.45, 2.75) is 6.54 Å². The molecule has 5 nitrogen and oxygen atoms in total. The minimum absolute atomic E-state index is 0.137. The minimum atomic E-state index is -0.207. The predicted molar refractivity (Wildman–Crippen MR) is 79.4 cm³/mol. The Hall–Kier alpha value is -2.82. The summed E-state index contributed by atoms with van der Waals surface area (Å²) in [4.78, 5) is 23.0. The average molecular weight is 284 g/mol. The van der Waals surface area contributed by atoms with Gasteiger partial charge in [0.15, 0.2) is 0 Å². The first-order valence-corrected chi connectivity index (χ1v) is 6.49. The normalized spacial score (nSPS) is 10.5. The summed E-state index contributed by atoms with van der Waals surface area (Å²) in [5.74, 6) is 0.357. The molecule has 0 spiro atoms. The van der Waals surface area contributed by atoms with E-state index in [0.717, 1.165) is 5.56 Å². The quantitative estimate of drug-likeness (QED) is 0.825. The van der Waals surface area contributed by atoms with Crippen LogP contribution in [0.15, 0.2) is 53.2 Å². The Labute approximate surface area is 122 Å². The van der Waals surface area contributed by atoms with Gasteiger partial charge in [-0.3, -0.25) is 9.59 Å². The van der Waals surface area contributed by atoms with Gasteiger partial charge in [-0.25, -0.2) is 0 Å². The Morgan fingerprint density at radius 1 is 1.19 bits per heavy atom. The van der Waals surface area contributed by atoms with Gasteiger partial charge in [0.1, 0.15) is 5.76 Å². The molecule has 2 rings (SSSR count). The molecule has 0 fully saturated rings. The molecule has 0 aliphatic carbocycles. The van der Waals surface area contributed by atoms with E-state index in [4.69, 9.17) is 4.42 Å². The molecule has 0 aliphatic rings. The molecule has 0 bridgehead atoms. The Kier molecular flexibility index (Phi) is 4.93. The van der Waals surface area contributed by atoms with Crippen LogP contribution in [0.5, 0.6) is 0 Å². The van der Waals surface area contributed by atoms with Crippen LogP contribution in [-0.2, 0) is 11.3 Å². The zero-order chi connectivity index (χ0) is 15.1. The van der Waals surface area contributed by atoms with Crippen LogP contribution in [0.25, 0.3) is 6.08 Å². The predicted octanol–water partition coefficient (Wildman–Crippen LogP) is 1.97. The molecule has 21 heavy (non-hydrogen) atoms. The molecule has 1 aromatic heterocycles. The molecule has 0 radical (unpaired) electrons. The van der Waals surface area contributed by atoms with Gasteiger partial charge in [-0.1, -0.05) is 12.1 Å². The molecule has 0 unspecified atom stereocenters.